The van der Waals surface area contributed by atoms with E-state index in [1.165, 1.54) is 0 Å². The molecule has 2 heterocycles. The van der Waals surface area contributed by atoms with E-state index in [0.29, 0.717) is 19.4 Å². The number of nitrogens with zero attached hydrogens (tertiary/aromatic N) is 2. The lowest BCUT2D eigenvalue weighted by Gasteiger charge is -2.22. The fraction of sp³-hybridized carbons (Fsp3) is 0.600. The Morgan fingerprint density at radius 3 is 3.13 bits per heavy atom. The van der Waals surface area contributed by atoms with Crippen LogP contribution in [0.15, 0.2) is 6.20 Å². The Labute approximate surface area is 87.4 Å². The van der Waals surface area contributed by atoms with Crippen LogP contribution in [-0.4, -0.2) is 32.3 Å². The Morgan fingerprint density at radius 2 is 2.47 bits per heavy atom. The molecule has 1 aliphatic heterocycles. The fourth-order valence-electron chi connectivity index (χ4n) is 2.01. The van der Waals surface area contributed by atoms with Gasteiger partial charge < -0.3 is 14.8 Å². The lowest BCUT2D eigenvalue weighted by atomic mass is 9.98. The quantitative estimate of drug-likeness (QED) is 0.740. The van der Waals surface area contributed by atoms with Gasteiger partial charge in [-0.15, -0.1) is 0 Å². The number of aliphatic hydroxyl groups excluding tert-OH is 1. The number of carboxylic acid groups (broad SMARTS) is 1. The second kappa shape index (κ2) is 4.02. The Bertz CT molecular complexity index is 373. The zero-order chi connectivity index (χ0) is 10.8. The molecule has 0 saturated carbocycles. The van der Waals surface area contributed by atoms with Gasteiger partial charge in [-0.05, 0) is 12.8 Å². The van der Waals surface area contributed by atoms with Gasteiger partial charge >= 0.3 is 5.97 Å². The van der Waals surface area contributed by atoms with Crippen LogP contribution in [0, 0.1) is 5.92 Å². The lowest BCUT2D eigenvalue weighted by Crippen LogP contribution is -2.27. The largest absolute Gasteiger partial charge is 0.481 e. The summed E-state index contributed by atoms with van der Waals surface area (Å²) >= 11 is 0. The first-order valence-corrected chi connectivity index (χ1v) is 5.09. The normalized spacial score (nSPS) is 19.9. The highest BCUT2D eigenvalue weighted by Gasteiger charge is 2.25. The van der Waals surface area contributed by atoms with Gasteiger partial charge in [0.15, 0.2) is 0 Å². The van der Waals surface area contributed by atoms with Crippen molar-refractivity contribution in [3.63, 3.8) is 0 Å². The number of hydrogen-bond donors (Lipinski definition) is 2. The molecule has 15 heavy (non-hydrogen) atoms. The summed E-state index contributed by atoms with van der Waals surface area (Å²) in [5.41, 5.74) is 1.08. The SMILES string of the molecule is O=C(O)C1CCc2cnc(CCO)n2C1. The van der Waals surface area contributed by atoms with Crippen LogP contribution in [0.25, 0.3) is 0 Å². The second-order valence-electron chi connectivity index (χ2n) is 3.82. The molecule has 1 aliphatic rings. The van der Waals surface area contributed by atoms with E-state index >= 15 is 0 Å². The van der Waals surface area contributed by atoms with Crippen molar-refractivity contribution in [3.8, 4) is 0 Å². The maximum atomic E-state index is 10.9. The van der Waals surface area contributed by atoms with Gasteiger partial charge in [0, 0.05) is 24.9 Å². The maximum absolute atomic E-state index is 10.9. The molecule has 0 amide bonds. The van der Waals surface area contributed by atoms with Crippen molar-refractivity contribution in [1.29, 1.82) is 0 Å². The van der Waals surface area contributed by atoms with Gasteiger partial charge in [-0.3, -0.25) is 4.79 Å². The third kappa shape index (κ3) is 1.87. The van der Waals surface area contributed by atoms with Crippen LogP contribution in [0.4, 0.5) is 0 Å². The van der Waals surface area contributed by atoms with E-state index in [1.54, 1.807) is 6.20 Å². The highest BCUT2D eigenvalue weighted by Crippen LogP contribution is 2.21. The van der Waals surface area contributed by atoms with Gasteiger partial charge in [-0.2, -0.15) is 0 Å². The van der Waals surface area contributed by atoms with E-state index in [1.807, 2.05) is 4.57 Å². The number of carboxylic acids is 1. The van der Waals surface area contributed by atoms with Gasteiger partial charge in [0.2, 0.25) is 0 Å². The molecular formula is C10H14N2O3. The summed E-state index contributed by atoms with van der Waals surface area (Å²) in [6.45, 7) is 0.536. The topological polar surface area (TPSA) is 75.3 Å². The van der Waals surface area contributed by atoms with E-state index < -0.39 is 5.97 Å². The van der Waals surface area contributed by atoms with Crippen LogP contribution >= 0.6 is 0 Å². The number of hydrogen-bond acceptors (Lipinski definition) is 3. The molecule has 0 aliphatic carbocycles. The van der Waals surface area contributed by atoms with Gasteiger partial charge in [0.05, 0.1) is 12.5 Å². The van der Waals surface area contributed by atoms with E-state index in [0.717, 1.165) is 17.9 Å². The fourth-order valence-corrected chi connectivity index (χ4v) is 2.01. The van der Waals surface area contributed by atoms with Crippen molar-refractivity contribution in [2.75, 3.05) is 6.61 Å². The molecule has 1 aromatic rings. The number of aliphatic carboxylic acids is 1. The minimum atomic E-state index is -0.746. The molecule has 1 unspecified atom stereocenters. The Morgan fingerprint density at radius 1 is 1.67 bits per heavy atom. The summed E-state index contributed by atoms with van der Waals surface area (Å²) in [4.78, 5) is 15.1. The summed E-state index contributed by atoms with van der Waals surface area (Å²) in [5, 5.41) is 17.8. The summed E-state index contributed by atoms with van der Waals surface area (Å²) in [7, 11) is 0. The van der Waals surface area contributed by atoms with E-state index in [2.05, 4.69) is 4.98 Å². The van der Waals surface area contributed by atoms with Crippen LogP contribution in [0.3, 0.4) is 0 Å². The van der Waals surface area contributed by atoms with Crippen molar-refractivity contribution in [2.24, 2.45) is 5.92 Å². The van der Waals surface area contributed by atoms with Crippen molar-refractivity contribution >= 4 is 5.97 Å². The Kier molecular flexibility index (Phi) is 2.73. The molecule has 0 saturated heterocycles. The lowest BCUT2D eigenvalue weighted by molar-refractivity contribution is -0.142. The summed E-state index contributed by atoms with van der Waals surface area (Å²) < 4.78 is 1.93. The number of rotatable bonds is 3. The highest BCUT2D eigenvalue weighted by molar-refractivity contribution is 5.70. The molecule has 5 heteroatoms. The molecule has 0 bridgehead atoms. The number of aryl methyl sites for hydroxylation is 1. The van der Waals surface area contributed by atoms with Crippen LogP contribution < -0.4 is 0 Å². The first-order valence-electron chi connectivity index (χ1n) is 5.09. The number of aromatic nitrogens is 2. The zero-order valence-corrected chi connectivity index (χ0v) is 8.39. The predicted octanol–water partition coefficient (Wildman–Crippen LogP) is 0.0649. The van der Waals surface area contributed by atoms with E-state index in [-0.39, 0.29) is 12.5 Å². The number of aliphatic hydroxyl groups is 1. The highest BCUT2D eigenvalue weighted by atomic mass is 16.4. The molecule has 0 fully saturated rings. The zero-order valence-electron chi connectivity index (χ0n) is 8.39. The van der Waals surface area contributed by atoms with Crippen LogP contribution in [0.1, 0.15) is 17.9 Å². The first kappa shape index (κ1) is 10.2. The molecule has 2 rings (SSSR count). The second-order valence-corrected chi connectivity index (χ2v) is 3.82. The molecule has 1 atom stereocenters. The number of imidazole rings is 1. The first-order chi connectivity index (χ1) is 7.22. The van der Waals surface area contributed by atoms with Crippen LogP contribution in [0.5, 0.6) is 0 Å². The molecule has 1 aromatic heterocycles. The minimum absolute atomic E-state index is 0.0498. The van der Waals surface area contributed by atoms with Crippen LogP contribution in [0.2, 0.25) is 0 Å². The molecule has 5 nitrogen and oxygen atoms in total. The van der Waals surface area contributed by atoms with Crippen molar-refractivity contribution < 1.29 is 15.0 Å². The summed E-state index contributed by atoms with van der Waals surface area (Å²) in [6.07, 6.45) is 3.71. The van der Waals surface area contributed by atoms with Gasteiger partial charge in [-0.25, -0.2) is 4.98 Å². The molecule has 0 radical (unpaired) electrons. The maximum Gasteiger partial charge on any atom is 0.308 e. The third-order valence-corrected chi connectivity index (χ3v) is 2.86. The van der Waals surface area contributed by atoms with Gasteiger partial charge in [-0.1, -0.05) is 0 Å². The average molecular weight is 210 g/mol. The minimum Gasteiger partial charge on any atom is -0.481 e. The standard InChI is InChI=1S/C10H14N2O3/c13-4-3-9-11-5-8-2-1-7(10(14)15)6-12(8)9/h5,7,13H,1-4,6H2,(H,14,15). The van der Waals surface area contributed by atoms with E-state index in [9.17, 15) is 4.79 Å². The van der Waals surface area contributed by atoms with Gasteiger partial charge in [0.1, 0.15) is 5.82 Å². The average Bonchev–Trinajstić information content (AvgIpc) is 2.61. The third-order valence-electron chi connectivity index (χ3n) is 2.86. The Balaban J connectivity index is 2.22. The molecular weight excluding hydrogens is 196 g/mol. The Hall–Kier alpha value is -1.36. The summed E-state index contributed by atoms with van der Waals surface area (Å²) in [6, 6.07) is 0. The van der Waals surface area contributed by atoms with Gasteiger partial charge in [0.25, 0.3) is 0 Å². The van der Waals surface area contributed by atoms with Crippen molar-refractivity contribution in [2.45, 2.75) is 25.8 Å². The predicted molar refractivity (Wildman–Crippen MR) is 52.5 cm³/mol. The summed E-state index contributed by atoms with van der Waals surface area (Å²) in [5.74, 6) is -0.271. The number of carbonyl (C=O) groups is 1. The molecule has 2 N–H and O–H groups in total. The molecule has 0 spiro atoms. The molecule has 82 valence electrons. The molecule has 0 aromatic carbocycles. The number of fused-ring (bicyclic) bond motifs is 1. The van der Waals surface area contributed by atoms with Crippen LogP contribution in [-0.2, 0) is 24.2 Å². The van der Waals surface area contributed by atoms with E-state index in [4.69, 9.17) is 10.2 Å². The smallest absolute Gasteiger partial charge is 0.308 e. The van der Waals surface area contributed by atoms with Crippen molar-refractivity contribution in [1.82, 2.24) is 9.55 Å². The van der Waals surface area contributed by atoms with Crippen molar-refractivity contribution in [3.05, 3.63) is 17.7 Å². The monoisotopic (exact) mass is 210 g/mol.